The number of aromatic amines is 1. The van der Waals surface area contributed by atoms with Crippen LogP contribution in [0.3, 0.4) is 0 Å². The maximum Gasteiger partial charge on any atom is 0.216 e. The summed E-state index contributed by atoms with van der Waals surface area (Å²) in [6.45, 7) is 3.05. The summed E-state index contributed by atoms with van der Waals surface area (Å²) in [5.74, 6) is 2.15. The predicted octanol–water partition coefficient (Wildman–Crippen LogP) is 5.47. The molecule has 0 bridgehead atoms. The van der Waals surface area contributed by atoms with Gasteiger partial charge in [0, 0.05) is 5.56 Å². The van der Waals surface area contributed by atoms with Crippen LogP contribution < -0.4 is 9.47 Å². The fraction of sp³-hybridized carbons (Fsp3) is 0.125. The molecule has 0 saturated heterocycles. The van der Waals surface area contributed by atoms with Crippen LogP contribution in [0.2, 0.25) is 0 Å². The van der Waals surface area contributed by atoms with E-state index in [4.69, 9.17) is 21.7 Å². The molecule has 0 amide bonds. The van der Waals surface area contributed by atoms with Crippen molar-refractivity contribution in [3.05, 3.63) is 94.8 Å². The van der Waals surface area contributed by atoms with Gasteiger partial charge in [0.1, 0.15) is 18.1 Å². The Balaban J connectivity index is 1.54. The van der Waals surface area contributed by atoms with Gasteiger partial charge >= 0.3 is 0 Å². The molecule has 0 spiro atoms. The Labute approximate surface area is 185 Å². The van der Waals surface area contributed by atoms with Crippen molar-refractivity contribution in [3.63, 3.8) is 0 Å². The molecule has 1 aromatic heterocycles. The van der Waals surface area contributed by atoms with Crippen molar-refractivity contribution < 1.29 is 9.47 Å². The summed E-state index contributed by atoms with van der Waals surface area (Å²) in [5, 5.41) is 11.7. The highest BCUT2D eigenvalue weighted by atomic mass is 32.1. The third-order valence-electron chi connectivity index (χ3n) is 4.48. The van der Waals surface area contributed by atoms with Crippen molar-refractivity contribution in [1.82, 2.24) is 14.9 Å². The lowest BCUT2D eigenvalue weighted by Crippen LogP contribution is -1.97. The first-order valence-electron chi connectivity index (χ1n) is 9.95. The molecule has 0 aliphatic rings. The standard InChI is InChI=1S/C24H22N4O2S/c1-2-29-22-13-7-11-20(15-22)23-26-27-24(31)28(23)25-16-19-10-6-12-21(14-19)30-17-18-8-4-3-5-9-18/h3-16H,2,17H2,1H3,(H,27,31)/b25-16-. The van der Waals surface area contributed by atoms with Gasteiger partial charge in [-0.2, -0.15) is 14.9 Å². The molecule has 1 N–H and O–H groups in total. The zero-order valence-corrected chi connectivity index (χ0v) is 17.9. The first-order valence-corrected chi connectivity index (χ1v) is 10.4. The van der Waals surface area contributed by atoms with Gasteiger partial charge in [0.15, 0.2) is 5.82 Å². The van der Waals surface area contributed by atoms with Gasteiger partial charge in [-0.05, 0) is 54.5 Å². The van der Waals surface area contributed by atoms with Gasteiger partial charge in [0.2, 0.25) is 4.77 Å². The van der Waals surface area contributed by atoms with Crippen molar-refractivity contribution in [2.75, 3.05) is 6.61 Å². The first-order chi connectivity index (χ1) is 15.2. The normalized spacial score (nSPS) is 11.0. The molecule has 4 rings (SSSR count). The van der Waals surface area contributed by atoms with Crippen LogP contribution in [0.1, 0.15) is 18.1 Å². The SMILES string of the molecule is CCOc1cccc(-c2n[nH]c(=S)n2/N=C\c2cccc(OCc3ccccc3)c2)c1. The second-order valence-corrected chi connectivity index (χ2v) is 7.10. The second-order valence-electron chi connectivity index (χ2n) is 6.72. The minimum atomic E-state index is 0.407. The Hall–Kier alpha value is -3.71. The number of hydrogen-bond donors (Lipinski definition) is 1. The van der Waals surface area contributed by atoms with Gasteiger partial charge in [-0.1, -0.05) is 54.6 Å². The Morgan fingerprint density at radius 1 is 0.968 bits per heavy atom. The monoisotopic (exact) mass is 430 g/mol. The highest BCUT2D eigenvalue weighted by molar-refractivity contribution is 7.71. The molecular weight excluding hydrogens is 408 g/mol. The van der Waals surface area contributed by atoms with Crippen LogP contribution in [0, 0.1) is 4.77 Å². The van der Waals surface area contributed by atoms with Crippen LogP contribution >= 0.6 is 12.2 Å². The van der Waals surface area contributed by atoms with Gasteiger partial charge in [-0.25, -0.2) is 5.10 Å². The largest absolute Gasteiger partial charge is 0.494 e. The number of H-pyrrole nitrogens is 1. The summed E-state index contributed by atoms with van der Waals surface area (Å²) in [4.78, 5) is 0. The third-order valence-corrected chi connectivity index (χ3v) is 4.75. The van der Waals surface area contributed by atoms with E-state index in [2.05, 4.69) is 15.3 Å². The van der Waals surface area contributed by atoms with E-state index >= 15 is 0 Å². The molecular formula is C24H22N4O2S. The molecule has 0 aliphatic carbocycles. The predicted molar refractivity (Wildman–Crippen MR) is 124 cm³/mol. The molecule has 0 unspecified atom stereocenters. The molecule has 7 heteroatoms. The van der Waals surface area contributed by atoms with Crippen LogP contribution in [-0.2, 0) is 6.61 Å². The molecule has 31 heavy (non-hydrogen) atoms. The number of aromatic nitrogens is 3. The van der Waals surface area contributed by atoms with E-state index in [-0.39, 0.29) is 0 Å². The summed E-state index contributed by atoms with van der Waals surface area (Å²) < 4.78 is 13.5. The molecule has 0 aliphatic heterocycles. The van der Waals surface area contributed by atoms with E-state index in [1.165, 1.54) is 0 Å². The molecule has 0 saturated carbocycles. The van der Waals surface area contributed by atoms with Crippen molar-refractivity contribution in [2.45, 2.75) is 13.5 Å². The maximum absolute atomic E-state index is 5.90. The quantitative estimate of drug-likeness (QED) is 0.297. The van der Waals surface area contributed by atoms with Crippen molar-refractivity contribution >= 4 is 18.4 Å². The summed E-state index contributed by atoms with van der Waals surface area (Å²) in [6.07, 6.45) is 1.73. The van der Waals surface area contributed by atoms with Crippen LogP contribution in [0.5, 0.6) is 11.5 Å². The van der Waals surface area contributed by atoms with Gasteiger partial charge < -0.3 is 9.47 Å². The van der Waals surface area contributed by atoms with Gasteiger partial charge in [-0.15, -0.1) is 0 Å². The lowest BCUT2D eigenvalue weighted by Gasteiger charge is -2.07. The van der Waals surface area contributed by atoms with Crippen molar-refractivity contribution in [1.29, 1.82) is 0 Å². The third kappa shape index (κ3) is 5.26. The zero-order chi connectivity index (χ0) is 21.5. The Morgan fingerprint density at radius 2 is 1.74 bits per heavy atom. The summed E-state index contributed by atoms with van der Waals surface area (Å²) in [6, 6.07) is 25.5. The molecule has 6 nitrogen and oxygen atoms in total. The fourth-order valence-electron chi connectivity index (χ4n) is 3.03. The highest BCUT2D eigenvalue weighted by Crippen LogP contribution is 2.23. The number of nitrogens with one attached hydrogen (secondary N) is 1. The summed E-state index contributed by atoms with van der Waals surface area (Å²) in [5.41, 5.74) is 2.86. The topological polar surface area (TPSA) is 64.4 Å². The molecule has 156 valence electrons. The van der Waals surface area contributed by atoms with Crippen LogP contribution in [0.4, 0.5) is 0 Å². The maximum atomic E-state index is 5.90. The van der Waals surface area contributed by atoms with Gasteiger partial charge in [0.05, 0.1) is 12.8 Å². The van der Waals surface area contributed by atoms with Crippen LogP contribution in [-0.4, -0.2) is 27.7 Å². The van der Waals surface area contributed by atoms with Crippen LogP contribution in [0.25, 0.3) is 11.4 Å². The van der Waals surface area contributed by atoms with Gasteiger partial charge in [0.25, 0.3) is 0 Å². The van der Waals surface area contributed by atoms with E-state index in [0.29, 0.717) is 23.8 Å². The number of ether oxygens (including phenoxy) is 2. The molecule has 1 heterocycles. The molecule has 0 fully saturated rings. The Morgan fingerprint density at radius 3 is 2.55 bits per heavy atom. The smallest absolute Gasteiger partial charge is 0.216 e. The minimum Gasteiger partial charge on any atom is -0.494 e. The van der Waals surface area contributed by atoms with E-state index < -0.39 is 0 Å². The van der Waals surface area contributed by atoms with Crippen molar-refractivity contribution in [2.24, 2.45) is 5.10 Å². The fourth-order valence-corrected chi connectivity index (χ4v) is 3.21. The van der Waals surface area contributed by atoms with Crippen LogP contribution in [0.15, 0.2) is 84.0 Å². The van der Waals surface area contributed by atoms with E-state index in [0.717, 1.165) is 28.2 Å². The van der Waals surface area contributed by atoms with Gasteiger partial charge in [-0.3, -0.25) is 0 Å². The second kappa shape index (κ2) is 9.86. The number of nitrogens with zero attached hydrogens (tertiary/aromatic N) is 3. The summed E-state index contributed by atoms with van der Waals surface area (Å²) >= 11 is 5.37. The first kappa shape index (κ1) is 20.6. The number of benzene rings is 3. The van der Waals surface area contributed by atoms with E-state index in [1.54, 1.807) is 10.9 Å². The lowest BCUT2D eigenvalue weighted by molar-refractivity contribution is 0.306. The van der Waals surface area contributed by atoms with E-state index in [9.17, 15) is 0 Å². The molecule has 4 aromatic rings. The number of rotatable bonds is 8. The Bertz CT molecular complexity index is 1230. The average molecular weight is 431 g/mol. The Kier molecular flexibility index (Phi) is 6.54. The highest BCUT2D eigenvalue weighted by Gasteiger charge is 2.09. The minimum absolute atomic E-state index is 0.407. The number of hydrogen-bond acceptors (Lipinski definition) is 5. The summed E-state index contributed by atoms with van der Waals surface area (Å²) in [7, 11) is 0. The molecule has 0 radical (unpaired) electrons. The molecule has 0 atom stereocenters. The van der Waals surface area contributed by atoms with Crippen molar-refractivity contribution in [3.8, 4) is 22.9 Å². The average Bonchev–Trinajstić information content (AvgIpc) is 3.18. The van der Waals surface area contributed by atoms with E-state index in [1.807, 2.05) is 85.8 Å². The zero-order valence-electron chi connectivity index (χ0n) is 17.1. The lowest BCUT2D eigenvalue weighted by atomic mass is 10.2. The molecule has 3 aromatic carbocycles.